The Morgan fingerprint density at radius 1 is 1.33 bits per heavy atom. The Kier molecular flexibility index (Phi) is 4.63. The average Bonchev–Trinajstić information content (AvgIpc) is 2.44. The summed E-state index contributed by atoms with van der Waals surface area (Å²) in [6, 6.07) is 7.56. The molecular formula is C16H22N2O3. The van der Waals surface area contributed by atoms with E-state index in [2.05, 4.69) is 5.32 Å². The summed E-state index contributed by atoms with van der Waals surface area (Å²) in [6.07, 6.45) is 2.40. The maximum Gasteiger partial charge on any atom is 0.323 e. The zero-order valence-corrected chi connectivity index (χ0v) is 12.6. The summed E-state index contributed by atoms with van der Waals surface area (Å²) in [5.74, 6) is -1.02. The summed E-state index contributed by atoms with van der Waals surface area (Å²) in [4.78, 5) is 25.5. The summed E-state index contributed by atoms with van der Waals surface area (Å²) in [5.41, 5.74) is 0.823. The number of amides is 1. The van der Waals surface area contributed by atoms with Crippen LogP contribution in [-0.2, 0) is 9.59 Å². The highest BCUT2D eigenvalue weighted by Gasteiger charge is 2.41. The molecule has 1 saturated heterocycles. The van der Waals surface area contributed by atoms with E-state index >= 15 is 0 Å². The predicted octanol–water partition coefficient (Wildman–Crippen LogP) is 2.26. The average molecular weight is 290 g/mol. The second-order valence-electron chi connectivity index (χ2n) is 5.82. The number of rotatable bonds is 4. The molecule has 0 aromatic heterocycles. The Morgan fingerprint density at radius 3 is 2.71 bits per heavy atom. The number of aryl methyl sites for hydroxylation is 1. The molecule has 1 aliphatic heterocycles. The van der Waals surface area contributed by atoms with Crippen LogP contribution < -0.4 is 5.32 Å². The number of carboxylic acids is 1. The van der Waals surface area contributed by atoms with Crippen LogP contribution in [0, 0.1) is 6.92 Å². The first kappa shape index (κ1) is 15.5. The number of nitrogens with one attached hydrogen (secondary N) is 1. The van der Waals surface area contributed by atoms with Crippen LogP contribution in [-0.4, -0.2) is 40.5 Å². The summed E-state index contributed by atoms with van der Waals surface area (Å²) < 4.78 is 0. The maximum atomic E-state index is 12.2. The quantitative estimate of drug-likeness (QED) is 0.892. The Morgan fingerprint density at radius 2 is 2.05 bits per heavy atom. The SMILES string of the molecule is Cc1ccccc1NC(=O)CN1CCCCC1(C)C(=O)O. The third kappa shape index (κ3) is 3.42. The van der Waals surface area contributed by atoms with E-state index in [0.29, 0.717) is 13.0 Å². The molecule has 0 saturated carbocycles. The van der Waals surface area contributed by atoms with Gasteiger partial charge in [0, 0.05) is 5.69 Å². The van der Waals surface area contributed by atoms with E-state index in [1.54, 1.807) is 11.8 Å². The zero-order chi connectivity index (χ0) is 15.5. The minimum atomic E-state index is -0.943. The van der Waals surface area contributed by atoms with Crippen molar-refractivity contribution in [3.8, 4) is 0 Å². The second-order valence-corrected chi connectivity index (χ2v) is 5.82. The maximum absolute atomic E-state index is 12.2. The highest BCUT2D eigenvalue weighted by atomic mass is 16.4. The van der Waals surface area contributed by atoms with Gasteiger partial charge in [-0.1, -0.05) is 18.2 Å². The van der Waals surface area contributed by atoms with Crippen LogP contribution in [0.25, 0.3) is 0 Å². The van der Waals surface area contributed by atoms with Gasteiger partial charge in [0.2, 0.25) is 5.91 Å². The van der Waals surface area contributed by atoms with Crippen LogP contribution in [0.1, 0.15) is 31.7 Å². The van der Waals surface area contributed by atoms with E-state index in [4.69, 9.17) is 0 Å². The molecule has 21 heavy (non-hydrogen) atoms. The molecule has 1 heterocycles. The minimum Gasteiger partial charge on any atom is -0.480 e. The fourth-order valence-electron chi connectivity index (χ4n) is 2.75. The Labute approximate surface area is 125 Å². The number of piperidine rings is 1. The number of carboxylic acid groups (broad SMARTS) is 1. The van der Waals surface area contributed by atoms with Crippen molar-refractivity contribution in [2.45, 2.75) is 38.6 Å². The van der Waals surface area contributed by atoms with Crippen molar-refractivity contribution in [1.29, 1.82) is 0 Å². The van der Waals surface area contributed by atoms with Crippen LogP contribution >= 0.6 is 0 Å². The van der Waals surface area contributed by atoms with Gasteiger partial charge in [-0.3, -0.25) is 14.5 Å². The van der Waals surface area contributed by atoms with Crippen molar-refractivity contribution in [2.75, 3.05) is 18.4 Å². The summed E-state index contributed by atoms with van der Waals surface area (Å²) in [6.45, 7) is 4.38. The molecule has 1 aromatic carbocycles. The normalized spacial score (nSPS) is 22.8. The number of likely N-dealkylation sites (tertiary alicyclic amines) is 1. The number of para-hydroxylation sites is 1. The van der Waals surface area contributed by atoms with Crippen molar-refractivity contribution in [1.82, 2.24) is 4.90 Å². The first-order valence-electron chi connectivity index (χ1n) is 7.27. The Hall–Kier alpha value is -1.88. The van der Waals surface area contributed by atoms with Gasteiger partial charge in [-0.05, 0) is 51.3 Å². The monoisotopic (exact) mass is 290 g/mol. The summed E-state index contributed by atoms with van der Waals surface area (Å²) in [5, 5.41) is 12.3. The summed E-state index contributed by atoms with van der Waals surface area (Å²) in [7, 11) is 0. The van der Waals surface area contributed by atoms with Crippen molar-refractivity contribution in [3.63, 3.8) is 0 Å². The van der Waals surface area contributed by atoms with Crippen molar-refractivity contribution >= 4 is 17.6 Å². The lowest BCUT2D eigenvalue weighted by Gasteiger charge is -2.41. The van der Waals surface area contributed by atoms with E-state index < -0.39 is 11.5 Å². The molecule has 5 heteroatoms. The van der Waals surface area contributed by atoms with E-state index in [0.717, 1.165) is 24.1 Å². The zero-order valence-electron chi connectivity index (χ0n) is 12.6. The van der Waals surface area contributed by atoms with Crippen molar-refractivity contribution in [3.05, 3.63) is 29.8 Å². The van der Waals surface area contributed by atoms with Gasteiger partial charge in [0.25, 0.3) is 0 Å². The van der Waals surface area contributed by atoms with E-state index in [-0.39, 0.29) is 12.5 Å². The highest BCUT2D eigenvalue weighted by molar-refractivity contribution is 5.93. The highest BCUT2D eigenvalue weighted by Crippen LogP contribution is 2.28. The number of benzene rings is 1. The fourth-order valence-corrected chi connectivity index (χ4v) is 2.75. The van der Waals surface area contributed by atoms with E-state index in [9.17, 15) is 14.7 Å². The Bertz CT molecular complexity index is 544. The van der Waals surface area contributed by atoms with Crippen LogP contribution in [0.2, 0.25) is 0 Å². The minimum absolute atomic E-state index is 0.108. The van der Waals surface area contributed by atoms with E-state index in [1.165, 1.54) is 0 Å². The molecule has 1 amide bonds. The van der Waals surface area contributed by atoms with Gasteiger partial charge < -0.3 is 10.4 Å². The standard InChI is InChI=1S/C16H22N2O3/c1-12-7-3-4-8-13(12)17-14(19)11-18-10-6-5-9-16(18,2)15(20)21/h3-4,7-8H,5-6,9-11H2,1-2H3,(H,17,19)(H,20,21). The first-order chi connectivity index (χ1) is 9.93. The number of nitrogens with zero attached hydrogens (tertiary/aromatic N) is 1. The molecule has 1 atom stereocenters. The van der Waals surface area contributed by atoms with Gasteiger partial charge in [-0.15, -0.1) is 0 Å². The predicted molar refractivity (Wildman–Crippen MR) is 81.3 cm³/mol. The van der Waals surface area contributed by atoms with Crippen LogP contribution in [0.5, 0.6) is 0 Å². The molecule has 0 spiro atoms. The van der Waals surface area contributed by atoms with Gasteiger partial charge >= 0.3 is 5.97 Å². The molecule has 1 unspecified atom stereocenters. The number of anilines is 1. The third-order valence-corrected chi connectivity index (χ3v) is 4.25. The molecule has 0 radical (unpaired) electrons. The molecule has 0 aliphatic carbocycles. The smallest absolute Gasteiger partial charge is 0.323 e. The van der Waals surface area contributed by atoms with Gasteiger partial charge in [0.1, 0.15) is 5.54 Å². The molecule has 114 valence electrons. The van der Waals surface area contributed by atoms with Crippen molar-refractivity contribution < 1.29 is 14.7 Å². The summed E-state index contributed by atoms with van der Waals surface area (Å²) >= 11 is 0. The number of hydrogen-bond acceptors (Lipinski definition) is 3. The number of aliphatic carboxylic acids is 1. The molecule has 1 fully saturated rings. The largest absolute Gasteiger partial charge is 0.480 e. The number of carbonyl (C=O) groups is 2. The number of hydrogen-bond donors (Lipinski definition) is 2. The molecule has 5 nitrogen and oxygen atoms in total. The number of carbonyl (C=O) groups excluding carboxylic acids is 1. The second kappa shape index (κ2) is 6.26. The molecule has 1 aliphatic rings. The van der Waals surface area contributed by atoms with Crippen LogP contribution in [0.3, 0.4) is 0 Å². The molecule has 1 aromatic rings. The van der Waals surface area contributed by atoms with Crippen LogP contribution in [0.4, 0.5) is 5.69 Å². The van der Waals surface area contributed by atoms with Crippen molar-refractivity contribution in [2.24, 2.45) is 0 Å². The topological polar surface area (TPSA) is 69.6 Å². The Balaban J connectivity index is 2.04. The third-order valence-electron chi connectivity index (χ3n) is 4.25. The van der Waals surface area contributed by atoms with Gasteiger partial charge in [-0.2, -0.15) is 0 Å². The van der Waals surface area contributed by atoms with E-state index in [1.807, 2.05) is 31.2 Å². The molecule has 2 rings (SSSR count). The van der Waals surface area contributed by atoms with Gasteiger partial charge in [-0.25, -0.2) is 0 Å². The fraction of sp³-hybridized carbons (Fsp3) is 0.500. The lowest BCUT2D eigenvalue weighted by Crippen LogP contribution is -2.57. The molecule has 0 bridgehead atoms. The molecular weight excluding hydrogens is 268 g/mol. The van der Waals surface area contributed by atoms with Gasteiger partial charge in [0.05, 0.1) is 6.54 Å². The molecule has 2 N–H and O–H groups in total. The first-order valence-corrected chi connectivity index (χ1v) is 7.27. The van der Waals surface area contributed by atoms with Crippen LogP contribution in [0.15, 0.2) is 24.3 Å². The lowest BCUT2D eigenvalue weighted by atomic mass is 9.88. The lowest BCUT2D eigenvalue weighted by molar-refractivity contribution is -0.153. The van der Waals surface area contributed by atoms with Gasteiger partial charge in [0.15, 0.2) is 0 Å².